The standard InChI is InChI=1S/C13H12Br2N2O3S/c14-11-5-8(6-12(15)13(11)18)7-17-9-1-3-10(4-2-9)21(16,19)20/h1-6,17-18H,7H2,(H2,16,19,20). The predicted molar refractivity (Wildman–Crippen MR) is 88.6 cm³/mol. The smallest absolute Gasteiger partial charge is 0.238 e. The molecule has 0 spiro atoms. The molecule has 0 aliphatic heterocycles. The summed E-state index contributed by atoms with van der Waals surface area (Å²) in [6.45, 7) is 0.520. The number of primary sulfonamides is 1. The topological polar surface area (TPSA) is 92.4 Å². The van der Waals surface area contributed by atoms with E-state index in [1.54, 1.807) is 24.3 Å². The highest BCUT2D eigenvalue weighted by Gasteiger charge is 2.08. The van der Waals surface area contributed by atoms with Gasteiger partial charge in [-0.15, -0.1) is 0 Å². The zero-order valence-corrected chi connectivity index (χ0v) is 14.7. The van der Waals surface area contributed by atoms with Crippen LogP contribution in [0.4, 0.5) is 5.69 Å². The summed E-state index contributed by atoms with van der Waals surface area (Å²) >= 11 is 6.53. The molecular weight excluding hydrogens is 424 g/mol. The van der Waals surface area contributed by atoms with E-state index in [9.17, 15) is 13.5 Å². The van der Waals surface area contributed by atoms with Crippen LogP contribution in [0.2, 0.25) is 0 Å². The number of anilines is 1. The van der Waals surface area contributed by atoms with Gasteiger partial charge in [0.15, 0.2) is 0 Å². The number of halogens is 2. The average Bonchev–Trinajstić information content (AvgIpc) is 2.42. The van der Waals surface area contributed by atoms with E-state index < -0.39 is 10.0 Å². The third-order valence-corrected chi connectivity index (χ3v) is 4.89. The lowest BCUT2D eigenvalue weighted by Gasteiger charge is -2.09. The lowest BCUT2D eigenvalue weighted by molar-refractivity contribution is 0.468. The third-order valence-electron chi connectivity index (χ3n) is 2.76. The van der Waals surface area contributed by atoms with Crippen molar-refractivity contribution in [3.05, 3.63) is 50.9 Å². The highest BCUT2D eigenvalue weighted by Crippen LogP contribution is 2.33. The fourth-order valence-corrected chi connectivity index (χ4v) is 3.48. The molecule has 0 fully saturated rings. The van der Waals surface area contributed by atoms with Crippen LogP contribution in [0, 0.1) is 0 Å². The summed E-state index contributed by atoms with van der Waals surface area (Å²) in [6, 6.07) is 9.77. The van der Waals surface area contributed by atoms with E-state index in [0.717, 1.165) is 11.3 Å². The van der Waals surface area contributed by atoms with Crippen LogP contribution in [0.1, 0.15) is 5.56 Å². The van der Waals surface area contributed by atoms with Crippen molar-refractivity contribution in [2.24, 2.45) is 5.14 Å². The van der Waals surface area contributed by atoms with Crippen molar-refractivity contribution in [2.75, 3.05) is 5.32 Å². The van der Waals surface area contributed by atoms with Crippen LogP contribution in [-0.4, -0.2) is 13.5 Å². The molecule has 0 unspecified atom stereocenters. The number of hydrogen-bond donors (Lipinski definition) is 3. The van der Waals surface area contributed by atoms with Gasteiger partial charge in [-0.05, 0) is 73.8 Å². The molecule has 0 saturated carbocycles. The number of nitrogens with one attached hydrogen (secondary N) is 1. The molecule has 0 saturated heterocycles. The fourth-order valence-electron chi connectivity index (χ4n) is 1.69. The van der Waals surface area contributed by atoms with E-state index in [4.69, 9.17) is 5.14 Å². The Labute approximate surface area is 139 Å². The molecule has 2 aromatic carbocycles. The van der Waals surface area contributed by atoms with Gasteiger partial charge < -0.3 is 10.4 Å². The number of aromatic hydroxyl groups is 1. The Morgan fingerprint density at radius 3 is 2.10 bits per heavy atom. The molecule has 0 aromatic heterocycles. The second-order valence-electron chi connectivity index (χ2n) is 4.33. The van der Waals surface area contributed by atoms with Gasteiger partial charge in [0, 0.05) is 12.2 Å². The van der Waals surface area contributed by atoms with Crippen LogP contribution in [0.25, 0.3) is 0 Å². The first-order chi connectivity index (χ1) is 9.77. The van der Waals surface area contributed by atoms with Gasteiger partial charge in [0.1, 0.15) is 5.75 Å². The van der Waals surface area contributed by atoms with Gasteiger partial charge >= 0.3 is 0 Å². The Kier molecular flexibility index (Phi) is 4.92. The number of rotatable bonds is 4. The van der Waals surface area contributed by atoms with Crippen LogP contribution >= 0.6 is 31.9 Å². The molecular formula is C13H12Br2N2O3S. The van der Waals surface area contributed by atoms with E-state index >= 15 is 0 Å². The SMILES string of the molecule is NS(=O)(=O)c1ccc(NCc2cc(Br)c(O)c(Br)c2)cc1. The van der Waals surface area contributed by atoms with Gasteiger partial charge in [0.05, 0.1) is 13.8 Å². The lowest BCUT2D eigenvalue weighted by Crippen LogP contribution is -2.12. The van der Waals surface area contributed by atoms with Crippen molar-refractivity contribution in [3.63, 3.8) is 0 Å². The molecule has 0 radical (unpaired) electrons. The van der Waals surface area contributed by atoms with Gasteiger partial charge in [-0.2, -0.15) is 0 Å². The van der Waals surface area contributed by atoms with Gasteiger partial charge in [0.2, 0.25) is 10.0 Å². The minimum atomic E-state index is -3.67. The number of nitrogens with two attached hydrogens (primary N) is 1. The molecule has 2 rings (SSSR count). The van der Waals surface area contributed by atoms with Crippen LogP contribution in [0.5, 0.6) is 5.75 Å². The maximum absolute atomic E-state index is 11.2. The Bertz CT molecular complexity index is 738. The summed E-state index contributed by atoms with van der Waals surface area (Å²) in [5.74, 6) is 0.149. The minimum Gasteiger partial charge on any atom is -0.506 e. The first kappa shape index (κ1) is 16.3. The normalized spacial score (nSPS) is 11.4. The van der Waals surface area contributed by atoms with Crippen molar-refractivity contribution in [1.29, 1.82) is 0 Å². The molecule has 21 heavy (non-hydrogen) atoms. The lowest BCUT2D eigenvalue weighted by atomic mass is 10.2. The van der Waals surface area contributed by atoms with Crippen molar-refractivity contribution >= 4 is 47.6 Å². The van der Waals surface area contributed by atoms with Gasteiger partial charge in [-0.25, -0.2) is 13.6 Å². The van der Waals surface area contributed by atoms with E-state index in [1.807, 2.05) is 0 Å². The number of benzene rings is 2. The van der Waals surface area contributed by atoms with Crippen LogP contribution in [-0.2, 0) is 16.6 Å². The summed E-state index contributed by atoms with van der Waals surface area (Å²) in [6.07, 6.45) is 0. The van der Waals surface area contributed by atoms with Crippen molar-refractivity contribution in [2.45, 2.75) is 11.4 Å². The molecule has 112 valence electrons. The molecule has 0 amide bonds. The highest BCUT2D eigenvalue weighted by molar-refractivity contribution is 9.11. The summed E-state index contributed by atoms with van der Waals surface area (Å²) < 4.78 is 23.5. The Morgan fingerprint density at radius 2 is 1.62 bits per heavy atom. The van der Waals surface area contributed by atoms with Gasteiger partial charge in [-0.3, -0.25) is 0 Å². The van der Waals surface area contributed by atoms with Crippen LogP contribution in [0.3, 0.4) is 0 Å². The summed E-state index contributed by atoms with van der Waals surface area (Å²) in [5, 5.41) is 17.8. The fraction of sp³-hybridized carbons (Fsp3) is 0.0769. The molecule has 0 aliphatic carbocycles. The number of phenols is 1. The number of phenolic OH excluding ortho intramolecular Hbond substituents is 1. The number of hydrogen-bond acceptors (Lipinski definition) is 4. The predicted octanol–water partition coefficient (Wildman–Crippen LogP) is 3.18. The first-order valence-corrected chi connectivity index (χ1v) is 8.94. The zero-order chi connectivity index (χ0) is 15.6. The molecule has 5 nitrogen and oxygen atoms in total. The highest BCUT2D eigenvalue weighted by atomic mass is 79.9. The zero-order valence-electron chi connectivity index (χ0n) is 10.7. The molecule has 0 aliphatic rings. The monoisotopic (exact) mass is 434 g/mol. The van der Waals surface area contributed by atoms with Crippen molar-refractivity contribution < 1.29 is 13.5 Å². The molecule has 4 N–H and O–H groups in total. The second-order valence-corrected chi connectivity index (χ2v) is 7.60. The number of sulfonamides is 1. The van der Waals surface area contributed by atoms with E-state index in [2.05, 4.69) is 37.2 Å². The maximum atomic E-state index is 11.2. The minimum absolute atomic E-state index is 0.0724. The summed E-state index contributed by atoms with van der Waals surface area (Å²) in [5.41, 5.74) is 1.71. The molecule has 0 heterocycles. The second kappa shape index (κ2) is 6.35. The Hall–Kier alpha value is -1.09. The molecule has 2 aromatic rings. The molecule has 8 heteroatoms. The summed E-state index contributed by atoms with van der Waals surface area (Å²) in [7, 11) is -3.67. The van der Waals surface area contributed by atoms with Crippen molar-refractivity contribution in [3.8, 4) is 5.75 Å². The Morgan fingerprint density at radius 1 is 1.10 bits per heavy atom. The van der Waals surface area contributed by atoms with Crippen LogP contribution in [0.15, 0.2) is 50.2 Å². The van der Waals surface area contributed by atoms with Gasteiger partial charge in [0.25, 0.3) is 0 Å². The Balaban J connectivity index is 2.10. The third kappa shape index (κ3) is 4.19. The van der Waals surface area contributed by atoms with Gasteiger partial charge in [-0.1, -0.05) is 0 Å². The summed E-state index contributed by atoms with van der Waals surface area (Å²) in [4.78, 5) is 0.0724. The quantitative estimate of drug-likeness (QED) is 0.687. The maximum Gasteiger partial charge on any atom is 0.238 e. The molecule has 0 atom stereocenters. The van der Waals surface area contributed by atoms with E-state index in [-0.39, 0.29) is 10.6 Å². The van der Waals surface area contributed by atoms with E-state index in [1.165, 1.54) is 12.1 Å². The largest absolute Gasteiger partial charge is 0.506 e. The average molecular weight is 436 g/mol. The molecule has 0 bridgehead atoms. The van der Waals surface area contributed by atoms with Crippen molar-refractivity contribution in [1.82, 2.24) is 0 Å². The first-order valence-electron chi connectivity index (χ1n) is 5.81. The van der Waals surface area contributed by atoms with E-state index in [0.29, 0.717) is 15.5 Å². The van der Waals surface area contributed by atoms with Crippen LogP contribution < -0.4 is 10.5 Å².